The highest BCUT2D eigenvalue weighted by molar-refractivity contribution is 6.09. The number of nitrogens with one attached hydrogen (secondary N) is 3. The maximum absolute atomic E-state index is 13.2. The lowest BCUT2D eigenvalue weighted by atomic mass is 9.89. The number of urea groups is 2. The van der Waals surface area contributed by atoms with Gasteiger partial charge in [0.1, 0.15) is 23.4 Å². The quantitative estimate of drug-likeness (QED) is 0.587. The number of rotatable bonds is 3. The van der Waals surface area contributed by atoms with E-state index >= 15 is 0 Å². The predicted octanol–water partition coefficient (Wildman–Crippen LogP) is -0.207. The largest absolute Gasteiger partial charge is 0.338 e. The van der Waals surface area contributed by atoms with Crippen LogP contribution in [0.1, 0.15) is 25.3 Å². The Labute approximate surface area is 170 Å². The molecule has 2 atom stereocenters. The highest BCUT2D eigenvalue weighted by Gasteiger charge is 2.52. The third-order valence-corrected chi connectivity index (χ3v) is 5.85. The van der Waals surface area contributed by atoms with Gasteiger partial charge in [-0.1, -0.05) is 12.1 Å². The molecule has 30 heavy (non-hydrogen) atoms. The number of benzene rings is 1. The van der Waals surface area contributed by atoms with Crippen molar-refractivity contribution >= 4 is 29.8 Å². The Hall–Kier alpha value is -3.50. The first-order valence-electron chi connectivity index (χ1n) is 9.46. The van der Waals surface area contributed by atoms with Crippen LogP contribution in [-0.4, -0.2) is 64.8 Å². The predicted molar refractivity (Wildman–Crippen MR) is 99.2 cm³/mol. The maximum atomic E-state index is 13.2. The summed E-state index contributed by atoms with van der Waals surface area (Å²) in [5.74, 6) is -2.13. The summed E-state index contributed by atoms with van der Waals surface area (Å²) >= 11 is 0. The molecule has 2 unspecified atom stereocenters. The van der Waals surface area contributed by atoms with Crippen LogP contribution < -0.4 is 16.0 Å². The Morgan fingerprint density at radius 3 is 2.47 bits per heavy atom. The zero-order valence-electron chi connectivity index (χ0n) is 16.2. The number of amides is 7. The average Bonchev–Trinajstić information content (AvgIpc) is 3.09. The lowest BCUT2D eigenvalue weighted by molar-refractivity contribution is -0.141. The number of hydrogen-bond donors (Lipinski definition) is 3. The van der Waals surface area contributed by atoms with Crippen LogP contribution in [0.4, 0.5) is 14.0 Å². The molecule has 3 N–H and O–H groups in total. The van der Waals surface area contributed by atoms with E-state index in [0.717, 1.165) is 4.90 Å². The first-order valence-corrected chi connectivity index (χ1v) is 9.46. The minimum atomic E-state index is -1.42. The summed E-state index contributed by atoms with van der Waals surface area (Å²) in [7, 11) is 0. The summed E-state index contributed by atoms with van der Waals surface area (Å²) in [4.78, 5) is 64.0. The minimum absolute atomic E-state index is 0.0394. The summed E-state index contributed by atoms with van der Waals surface area (Å²) in [6, 6.07) is 3.81. The SMILES string of the molecule is CC1(c2ccc(F)cc2)NC(=O)N(CC(=O)N2CCCC3(C2)NC(=O)NC3=O)C1=O. The van der Waals surface area contributed by atoms with E-state index in [9.17, 15) is 28.4 Å². The topological polar surface area (TPSA) is 128 Å². The van der Waals surface area contributed by atoms with E-state index in [1.807, 2.05) is 0 Å². The van der Waals surface area contributed by atoms with Gasteiger partial charge in [0.05, 0.1) is 6.54 Å². The average molecular weight is 417 g/mol. The van der Waals surface area contributed by atoms with Gasteiger partial charge in [0, 0.05) is 6.54 Å². The van der Waals surface area contributed by atoms with Gasteiger partial charge in [-0.15, -0.1) is 0 Å². The van der Waals surface area contributed by atoms with Gasteiger partial charge in [0.2, 0.25) is 5.91 Å². The number of hydrogen-bond acceptors (Lipinski definition) is 5. The smallest absolute Gasteiger partial charge is 0.325 e. The molecule has 1 spiro atoms. The Morgan fingerprint density at radius 2 is 1.83 bits per heavy atom. The molecule has 0 radical (unpaired) electrons. The molecule has 3 aliphatic rings. The van der Waals surface area contributed by atoms with Gasteiger partial charge in [0.15, 0.2) is 0 Å². The number of piperidine rings is 1. The Bertz CT molecular complexity index is 967. The van der Waals surface area contributed by atoms with Gasteiger partial charge in [-0.25, -0.2) is 14.0 Å². The third kappa shape index (κ3) is 3.06. The lowest BCUT2D eigenvalue weighted by Gasteiger charge is -2.38. The van der Waals surface area contributed by atoms with Crippen LogP contribution in [-0.2, 0) is 19.9 Å². The van der Waals surface area contributed by atoms with Crippen LogP contribution in [0.5, 0.6) is 0 Å². The van der Waals surface area contributed by atoms with Crippen molar-refractivity contribution in [2.75, 3.05) is 19.6 Å². The molecule has 0 saturated carbocycles. The van der Waals surface area contributed by atoms with Gasteiger partial charge in [-0.2, -0.15) is 0 Å². The summed E-state index contributed by atoms with van der Waals surface area (Å²) in [6.07, 6.45) is 0.868. The van der Waals surface area contributed by atoms with E-state index in [2.05, 4.69) is 16.0 Å². The highest BCUT2D eigenvalue weighted by Crippen LogP contribution is 2.30. The zero-order chi connectivity index (χ0) is 21.7. The molecule has 0 aromatic heterocycles. The van der Waals surface area contributed by atoms with Crippen molar-refractivity contribution in [3.8, 4) is 0 Å². The summed E-state index contributed by atoms with van der Waals surface area (Å²) in [6.45, 7) is 1.28. The van der Waals surface area contributed by atoms with E-state index in [0.29, 0.717) is 24.9 Å². The molecule has 158 valence electrons. The van der Waals surface area contributed by atoms with Crippen molar-refractivity contribution in [1.82, 2.24) is 25.8 Å². The number of carbonyl (C=O) groups excluding carboxylic acids is 5. The molecule has 3 aliphatic heterocycles. The monoisotopic (exact) mass is 417 g/mol. The minimum Gasteiger partial charge on any atom is -0.338 e. The highest BCUT2D eigenvalue weighted by atomic mass is 19.1. The molecule has 10 nitrogen and oxygen atoms in total. The van der Waals surface area contributed by atoms with Crippen LogP contribution in [0.2, 0.25) is 0 Å². The fourth-order valence-electron chi connectivity index (χ4n) is 4.14. The van der Waals surface area contributed by atoms with Gasteiger partial charge in [0.25, 0.3) is 11.8 Å². The molecule has 0 bridgehead atoms. The first kappa shape index (κ1) is 19.8. The normalized spacial score (nSPS) is 28.6. The Morgan fingerprint density at radius 1 is 1.13 bits per heavy atom. The Balaban J connectivity index is 1.49. The van der Waals surface area contributed by atoms with Crippen LogP contribution in [0.3, 0.4) is 0 Å². The van der Waals surface area contributed by atoms with E-state index in [4.69, 9.17) is 0 Å². The molecule has 3 heterocycles. The standard InChI is InChI=1S/C19H20FN5O5/c1-18(11-3-5-12(20)6-4-11)15(28)25(17(30)23-18)9-13(26)24-8-2-7-19(10-24)14(27)21-16(29)22-19/h3-6H,2,7-10H2,1H3,(H,23,30)(H2,21,22,27,29). The third-order valence-electron chi connectivity index (χ3n) is 5.85. The number of carbonyl (C=O) groups is 5. The molecule has 7 amide bonds. The molecule has 1 aromatic carbocycles. The molecular weight excluding hydrogens is 397 g/mol. The fraction of sp³-hybridized carbons (Fsp3) is 0.421. The molecular formula is C19H20FN5O5. The van der Waals surface area contributed by atoms with Gasteiger partial charge >= 0.3 is 12.1 Å². The van der Waals surface area contributed by atoms with Crippen molar-refractivity contribution in [3.05, 3.63) is 35.6 Å². The van der Waals surface area contributed by atoms with Crippen molar-refractivity contribution in [2.45, 2.75) is 30.8 Å². The lowest BCUT2D eigenvalue weighted by Crippen LogP contribution is -2.60. The molecule has 3 fully saturated rings. The maximum Gasteiger partial charge on any atom is 0.325 e. The van der Waals surface area contributed by atoms with E-state index in [1.165, 1.54) is 36.1 Å². The van der Waals surface area contributed by atoms with Gasteiger partial charge in [-0.05, 0) is 37.5 Å². The molecule has 4 rings (SSSR count). The summed E-state index contributed by atoms with van der Waals surface area (Å²) < 4.78 is 13.2. The second-order valence-corrected chi connectivity index (χ2v) is 7.86. The number of likely N-dealkylation sites (tertiary alicyclic amines) is 1. The van der Waals surface area contributed by atoms with Crippen LogP contribution in [0, 0.1) is 5.82 Å². The van der Waals surface area contributed by atoms with Gasteiger partial charge in [-0.3, -0.25) is 24.6 Å². The van der Waals surface area contributed by atoms with Crippen LogP contribution in [0.25, 0.3) is 0 Å². The van der Waals surface area contributed by atoms with Crippen molar-refractivity contribution in [3.63, 3.8) is 0 Å². The van der Waals surface area contributed by atoms with E-state index in [1.54, 1.807) is 0 Å². The Kier molecular flexibility index (Phi) is 4.48. The summed E-state index contributed by atoms with van der Waals surface area (Å²) in [5.41, 5.74) is -2.22. The molecule has 3 saturated heterocycles. The van der Waals surface area contributed by atoms with Crippen LogP contribution in [0.15, 0.2) is 24.3 Å². The van der Waals surface area contributed by atoms with Crippen molar-refractivity contribution in [2.24, 2.45) is 0 Å². The van der Waals surface area contributed by atoms with Crippen molar-refractivity contribution in [1.29, 1.82) is 0 Å². The number of halogens is 1. The first-order chi connectivity index (χ1) is 14.1. The molecule has 1 aromatic rings. The van der Waals surface area contributed by atoms with E-state index in [-0.39, 0.29) is 6.54 Å². The fourth-order valence-corrected chi connectivity index (χ4v) is 4.14. The second-order valence-electron chi connectivity index (χ2n) is 7.86. The van der Waals surface area contributed by atoms with E-state index < -0.39 is 53.2 Å². The van der Waals surface area contributed by atoms with Gasteiger partial charge < -0.3 is 15.5 Å². The van der Waals surface area contributed by atoms with Crippen molar-refractivity contribution < 1.29 is 28.4 Å². The molecule has 11 heteroatoms. The molecule has 0 aliphatic carbocycles. The summed E-state index contributed by atoms with van der Waals surface area (Å²) in [5, 5.41) is 7.30. The van der Waals surface area contributed by atoms with Crippen LogP contribution >= 0.6 is 0 Å². The number of imide groups is 2. The number of nitrogens with zero attached hydrogens (tertiary/aromatic N) is 2. The second kappa shape index (κ2) is 6.78. The zero-order valence-corrected chi connectivity index (χ0v) is 16.2.